The number of hydrogen-bond donors (Lipinski definition) is 1. The van der Waals surface area contributed by atoms with E-state index in [2.05, 4.69) is 25.7 Å². The zero-order chi connectivity index (χ0) is 18.2. The van der Waals surface area contributed by atoms with Gasteiger partial charge >= 0.3 is 0 Å². The van der Waals surface area contributed by atoms with Crippen LogP contribution >= 0.6 is 0 Å². The summed E-state index contributed by atoms with van der Waals surface area (Å²) in [4.78, 5) is 2.38. The van der Waals surface area contributed by atoms with E-state index < -0.39 is 11.6 Å². The number of halogens is 2. The molecule has 25 heavy (non-hydrogen) atoms. The lowest BCUT2D eigenvalue weighted by atomic mass is 10.0. The first kappa shape index (κ1) is 17.7. The molecule has 0 radical (unpaired) electrons. The van der Waals surface area contributed by atoms with Crippen molar-refractivity contribution in [3.05, 3.63) is 48.0 Å². The molecule has 0 spiro atoms. The molecule has 0 aromatic heterocycles. The second kappa shape index (κ2) is 6.64. The molecule has 1 saturated heterocycles. The van der Waals surface area contributed by atoms with Gasteiger partial charge in [0.15, 0.2) is 11.6 Å². The van der Waals surface area contributed by atoms with Crippen LogP contribution in [0.25, 0.3) is 11.1 Å². The number of nitrogens with two attached hydrogens (primary N) is 1. The minimum atomic E-state index is -0.884. The average Bonchev–Trinajstić information content (AvgIpc) is 3.01. The maximum Gasteiger partial charge on any atom is 0.159 e. The normalized spacial score (nSPS) is 18.5. The third kappa shape index (κ3) is 3.93. The highest BCUT2D eigenvalue weighted by Crippen LogP contribution is 2.34. The van der Waals surface area contributed by atoms with E-state index in [1.54, 1.807) is 18.2 Å². The van der Waals surface area contributed by atoms with Crippen molar-refractivity contribution in [1.29, 1.82) is 0 Å². The number of ether oxygens (including phenoxy) is 1. The molecule has 2 aromatic rings. The van der Waals surface area contributed by atoms with Crippen LogP contribution in [-0.2, 0) is 0 Å². The SMILES string of the molecule is CC(C)(C)N1CC[C@H](Oc2ccc(N)cc2-c2ccc(F)c(F)c2)C1. The van der Waals surface area contributed by atoms with Crippen molar-refractivity contribution in [1.82, 2.24) is 4.90 Å². The fourth-order valence-electron chi connectivity index (χ4n) is 3.15. The number of nitrogens with zero attached hydrogens (tertiary/aromatic N) is 1. The minimum absolute atomic E-state index is 0.0619. The Kier molecular flexibility index (Phi) is 4.69. The molecule has 0 unspecified atom stereocenters. The molecule has 0 saturated carbocycles. The molecule has 0 aliphatic carbocycles. The standard InChI is InChI=1S/C20H24F2N2O/c1-20(2,3)24-9-8-15(12-24)25-19-7-5-14(23)11-16(19)13-4-6-17(21)18(22)10-13/h4-7,10-11,15H,8-9,12,23H2,1-3H3/t15-/m0/s1. The van der Waals surface area contributed by atoms with E-state index in [4.69, 9.17) is 10.5 Å². The smallest absolute Gasteiger partial charge is 0.159 e. The lowest BCUT2D eigenvalue weighted by molar-refractivity contribution is 0.141. The largest absolute Gasteiger partial charge is 0.488 e. The van der Waals surface area contributed by atoms with E-state index in [9.17, 15) is 8.78 Å². The van der Waals surface area contributed by atoms with Gasteiger partial charge in [-0.3, -0.25) is 4.90 Å². The van der Waals surface area contributed by atoms with Gasteiger partial charge in [-0.1, -0.05) is 6.07 Å². The summed E-state index contributed by atoms with van der Waals surface area (Å²) in [6.45, 7) is 8.37. The fraction of sp³-hybridized carbons (Fsp3) is 0.400. The van der Waals surface area contributed by atoms with Crippen molar-refractivity contribution in [3.8, 4) is 16.9 Å². The first-order chi connectivity index (χ1) is 11.7. The molecule has 3 rings (SSSR count). The Labute approximate surface area is 147 Å². The van der Waals surface area contributed by atoms with Crippen LogP contribution in [0.4, 0.5) is 14.5 Å². The van der Waals surface area contributed by atoms with Gasteiger partial charge in [0.05, 0.1) is 0 Å². The summed E-state index contributed by atoms with van der Waals surface area (Å²) in [7, 11) is 0. The molecule has 1 aliphatic heterocycles. The molecule has 134 valence electrons. The molecule has 0 bridgehead atoms. The van der Waals surface area contributed by atoms with Gasteiger partial charge in [0, 0.05) is 29.9 Å². The number of likely N-dealkylation sites (tertiary alicyclic amines) is 1. The van der Waals surface area contributed by atoms with Gasteiger partial charge in [-0.2, -0.15) is 0 Å². The summed E-state index contributed by atoms with van der Waals surface area (Å²) in [5.41, 5.74) is 7.76. The number of hydrogen-bond acceptors (Lipinski definition) is 3. The second-order valence-electron chi connectivity index (χ2n) is 7.53. The van der Waals surface area contributed by atoms with Crippen molar-refractivity contribution in [2.75, 3.05) is 18.8 Å². The molecule has 1 atom stereocenters. The molecular weight excluding hydrogens is 322 g/mol. The summed E-state index contributed by atoms with van der Waals surface area (Å²) in [6.07, 6.45) is 0.991. The molecular formula is C20H24F2N2O. The average molecular weight is 346 g/mol. The van der Waals surface area contributed by atoms with Crippen LogP contribution in [0.2, 0.25) is 0 Å². The zero-order valence-electron chi connectivity index (χ0n) is 14.9. The van der Waals surface area contributed by atoms with Gasteiger partial charge in [0.1, 0.15) is 11.9 Å². The van der Waals surface area contributed by atoms with E-state index in [1.165, 1.54) is 12.1 Å². The van der Waals surface area contributed by atoms with E-state index in [-0.39, 0.29) is 11.6 Å². The van der Waals surface area contributed by atoms with Crippen LogP contribution in [0, 0.1) is 11.6 Å². The molecule has 1 heterocycles. The third-order valence-electron chi connectivity index (χ3n) is 4.62. The van der Waals surface area contributed by atoms with Crippen molar-refractivity contribution in [2.45, 2.75) is 38.8 Å². The van der Waals surface area contributed by atoms with Crippen molar-refractivity contribution in [3.63, 3.8) is 0 Å². The highest BCUT2D eigenvalue weighted by atomic mass is 19.2. The third-order valence-corrected chi connectivity index (χ3v) is 4.62. The second-order valence-corrected chi connectivity index (χ2v) is 7.53. The lowest BCUT2D eigenvalue weighted by Crippen LogP contribution is -2.40. The maximum atomic E-state index is 13.6. The Hall–Kier alpha value is -2.14. The van der Waals surface area contributed by atoms with Gasteiger partial charge < -0.3 is 10.5 Å². The zero-order valence-corrected chi connectivity index (χ0v) is 14.9. The Balaban J connectivity index is 1.86. The predicted octanol–water partition coefficient (Wildman–Crippen LogP) is 4.47. The maximum absolute atomic E-state index is 13.6. The van der Waals surface area contributed by atoms with Crippen LogP contribution in [0.5, 0.6) is 5.75 Å². The molecule has 5 heteroatoms. The molecule has 1 fully saturated rings. The van der Waals surface area contributed by atoms with Crippen LogP contribution < -0.4 is 10.5 Å². The Morgan fingerprint density at radius 2 is 1.84 bits per heavy atom. The summed E-state index contributed by atoms with van der Waals surface area (Å²) in [6, 6.07) is 9.12. The number of anilines is 1. The van der Waals surface area contributed by atoms with Crippen molar-refractivity contribution in [2.24, 2.45) is 0 Å². The number of nitrogen functional groups attached to an aromatic ring is 1. The quantitative estimate of drug-likeness (QED) is 0.834. The molecule has 2 aromatic carbocycles. The van der Waals surface area contributed by atoms with E-state index in [0.29, 0.717) is 22.6 Å². The summed E-state index contributed by atoms with van der Waals surface area (Å²) in [5.74, 6) is -1.11. The number of rotatable bonds is 3. The van der Waals surface area contributed by atoms with Crippen LogP contribution in [0.15, 0.2) is 36.4 Å². The van der Waals surface area contributed by atoms with Gasteiger partial charge in [-0.25, -0.2) is 8.78 Å². The molecule has 3 nitrogen and oxygen atoms in total. The van der Waals surface area contributed by atoms with E-state index in [1.807, 2.05) is 0 Å². The van der Waals surface area contributed by atoms with Crippen molar-refractivity contribution < 1.29 is 13.5 Å². The minimum Gasteiger partial charge on any atom is -0.488 e. The predicted molar refractivity (Wildman–Crippen MR) is 96.6 cm³/mol. The highest BCUT2D eigenvalue weighted by Gasteiger charge is 2.31. The number of benzene rings is 2. The van der Waals surface area contributed by atoms with Crippen molar-refractivity contribution >= 4 is 5.69 Å². The van der Waals surface area contributed by atoms with Gasteiger partial charge in [0.2, 0.25) is 0 Å². The van der Waals surface area contributed by atoms with E-state index >= 15 is 0 Å². The molecule has 1 aliphatic rings. The highest BCUT2D eigenvalue weighted by molar-refractivity contribution is 5.74. The van der Waals surface area contributed by atoms with Gasteiger partial charge in [-0.15, -0.1) is 0 Å². The topological polar surface area (TPSA) is 38.5 Å². The van der Waals surface area contributed by atoms with Crippen LogP contribution in [0.3, 0.4) is 0 Å². The lowest BCUT2D eigenvalue weighted by Gasteiger charge is -2.31. The summed E-state index contributed by atoms with van der Waals surface area (Å²) in [5, 5.41) is 0. The Morgan fingerprint density at radius 3 is 2.48 bits per heavy atom. The Morgan fingerprint density at radius 1 is 1.08 bits per heavy atom. The fourth-order valence-corrected chi connectivity index (χ4v) is 3.15. The van der Waals surface area contributed by atoms with Gasteiger partial charge in [-0.05, 0) is 63.1 Å². The van der Waals surface area contributed by atoms with Crippen LogP contribution in [0.1, 0.15) is 27.2 Å². The first-order valence-electron chi connectivity index (χ1n) is 8.51. The Bertz CT molecular complexity index is 771. The summed E-state index contributed by atoms with van der Waals surface area (Å²) < 4.78 is 33.1. The summed E-state index contributed by atoms with van der Waals surface area (Å²) >= 11 is 0. The molecule has 0 amide bonds. The van der Waals surface area contributed by atoms with E-state index in [0.717, 1.165) is 25.6 Å². The molecule has 2 N–H and O–H groups in total. The monoisotopic (exact) mass is 346 g/mol. The van der Waals surface area contributed by atoms with Crippen LogP contribution in [-0.4, -0.2) is 29.6 Å². The first-order valence-corrected chi connectivity index (χ1v) is 8.51. The van der Waals surface area contributed by atoms with Gasteiger partial charge in [0.25, 0.3) is 0 Å².